The van der Waals surface area contributed by atoms with Gasteiger partial charge < -0.3 is 0 Å². The van der Waals surface area contributed by atoms with Gasteiger partial charge in [0.25, 0.3) is 0 Å². The Balaban J connectivity index is 2.25. The molecule has 0 aromatic rings. The minimum Gasteiger partial charge on any atom is -0.0918 e. The van der Waals surface area contributed by atoms with Crippen LogP contribution in [-0.2, 0) is 0 Å². The zero-order chi connectivity index (χ0) is 8.55. The number of rotatable bonds is 0. The number of hydrogen-bond donors (Lipinski definition) is 0. The van der Waals surface area contributed by atoms with Gasteiger partial charge in [-0.1, -0.05) is 37.3 Å². The van der Waals surface area contributed by atoms with E-state index in [4.69, 9.17) is 0 Å². The van der Waals surface area contributed by atoms with E-state index in [2.05, 4.69) is 31.7 Å². The van der Waals surface area contributed by atoms with Crippen molar-refractivity contribution in [2.75, 3.05) is 0 Å². The van der Waals surface area contributed by atoms with E-state index in [1.165, 1.54) is 24.8 Å². The van der Waals surface area contributed by atoms with Crippen molar-refractivity contribution >= 4 is 0 Å². The van der Waals surface area contributed by atoms with E-state index in [9.17, 15) is 0 Å². The van der Waals surface area contributed by atoms with Crippen molar-refractivity contribution in [2.24, 2.45) is 11.8 Å². The van der Waals surface area contributed by atoms with Crippen LogP contribution in [0.3, 0.4) is 0 Å². The van der Waals surface area contributed by atoms with E-state index in [1.54, 1.807) is 5.57 Å². The van der Waals surface area contributed by atoms with Crippen LogP contribution in [0.5, 0.6) is 0 Å². The van der Waals surface area contributed by atoms with Gasteiger partial charge in [0.05, 0.1) is 0 Å². The predicted molar refractivity (Wildman–Crippen MR) is 52.9 cm³/mol. The predicted octanol–water partition coefficient (Wildman–Crippen LogP) is 3.48. The summed E-state index contributed by atoms with van der Waals surface area (Å²) in [4.78, 5) is 0. The first kappa shape index (κ1) is 7.85. The van der Waals surface area contributed by atoms with Gasteiger partial charge in [-0.25, -0.2) is 0 Å². The van der Waals surface area contributed by atoms with E-state index in [0.29, 0.717) is 0 Å². The highest BCUT2D eigenvalue weighted by molar-refractivity contribution is 5.39. The Morgan fingerprint density at radius 2 is 2.33 bits per heavy atom. The average Bonchev–Trinajstić information content (AvgIpc) is 2.04. The normalized spacial score (nSPS) is 34.4. The highest BCUT2D eigenvalue weighted by Crippen LogP contribution is 2.37. The lowest BCUT2D eigenvalue weighted by Crippen LogP contribution is -2.19. The molecule has 64 valence electrons. The third kappa shape index (κ3) is 1.26. The average molecular weight is 160 g/mol. The van der Waals surface area contributed by atoms with E-state index >= 15 is 0 Å². The smallest absolute Gasteiger partial charge is 0.000905 e. The van der Waals surface area contributed by atoms with Crippen LogP contribution in [-0.4, -0.2) is 0 Å². The number of allylic oxidation sites excluding steroid dienone is 5. The largest absolute Gasteiger partial charge is 0.0918 e. The molecule has 0 aliphatic heterocycles. The van der Waals surface area contributed by atoms with Gasteiger partial charge in [0.1, 0.15) is 0 Å². The highest BCUT2D eigenvalue weighted by atomic mass is 14.3. The summed E-state index contributed by atoms with van der Waals surface area (Å²) in [5, 5.41) is 0. The zero-order valence-corrected chi connectivity index (χ0v) is 7.72. The van der Waals surface area contributed by atoms with Gasteiger partial charge in [-0.05, 0) is 30.8 Å². The second-order valence-corrected chi connectivity index (χ2v) is 4.05. The summed E-state index contributed by atoms with van der Waals surface area (Å²) in [5.41, 5.74) is 2.79. The molecule has 2 rings (SSSR count). The molecule has 0 radical (unpaired) electrons. The fraction of sp³-hybridized carbons (Fsp3) is 0.500. The van der Waals surface area contributed by atoms with Crippen molar-refractivity contribution in [1.82, 2.24) is 0 Å². The van der Waals surface area contributed by atoms with Crippen LogP contribution in [0.15, 0.2) is 36.0 Å². The van der Waals surface area contributed by atoms with Gasteiger partial charge in [0.15, 0.2) is 0 Å². The van der Waals surface area contributed by atoms with E-state index in [1.807, 2.05) is 0 Å². The molecule has 2 aliphatic carbocycles. The molecule has 0 N–H and O–H groups in total. The van der Waals surface area contributed by atoms with Crippen LogP contribution < -0.4 is 0 Å². The van der Waals surface area contributed by atoms with Crippen molar-refractivity contribution in [2.45, 2.75) is 26.2 Å². The molecule has 1 saturated carbocycles. The van der Waals surface area contributed by atoms with Crippen LogP contribution in [0.1, 0.15) is 26.2 Å². The summed E-state index contributed by atoms with van der Waals surface area (Å²) in [7, 11) is 0. The number of fused-ring (bicyclic) bond motifs is 1. The second-order valence-electron chi connectivity index (χ2n) is 4.05. The molecule has 0 bridgehead atoms. The molecule has 0 aromatic heterocycles. The lowest BCUT2D eigenvalue weighted by Gasteiger charge is -2.31. The third-order valence-electron chi connectivity index (χ3n) is 3.05. The molecule has 0 saturated heterocycles. The maximum Gasteiger partial charge on any atom is 0.000905 e. The fourth-order valence-electron chi connectivity index (χ4n) is 2.34. The molecule has 0 spiro atoms. The van der Waals surface area contributed by atoms with Crippen molar-refractivity contribution < 1.29 is 0 Å². The van der Waals surface area contributed by atoms with Gasteiger partial charge in [0, 0.05) is 5.92 Å². The van der Waals surface area contributed by atoms with E-state index in [0.717, 1.165) is 11.8 Å². The Kier molecular flexibility index (Phi) is 1.92. The van der Waals surface area contributed by atoms with Crippen LogP contribution in [0.4, 0.5) is 0 Å². The van der Waals surface area contributed by atoms with Crippen LogP contribution >= 0.6 is 0 Å². The van der Waals surface area contributed by atoms with Gasteiger partial charge in [-0.15, -0.1) is 0 Å². The zero-order valence-electron chi connectivity index (χ0n) is 7.72. The Labute approximate surface area is 74.7 Å². The Bertz CT molecular complexity index is 255. The summed E-state index contributed by atoms with van der Waals surface area (Å²) in [5.74, 6) is 1.57. The van der Waals surface area contributed by atoms with Gasteiger partial charge in [-0.3, -0.25) is 0 Å². The van der Waals surface area contributed by atoms with Crippen molar-refractivity contribution in [3.8, 4) is 0 Å². The summed E-state index contributed by atoms with van der Waals surface area (Å²) < 4.78 is 0. The molecule has 0 amide bonds. The lowest BCUT2D eigenvalue weighted by molar-refractivity contribution is 0.377. The summed E-state index contributed by atoms with van der Waals surface area (Å²) in [6.45, 7) is 6.32. The minimum atomic E-state index is 0.726. The maximum absolute atomic E-state index is 3.97. The molecule has 1 fully saturated rings. The molecule has 0 nitrogen and oxygen atoms in total. The molecule has 2 aliphatic rings. The van der Waals surface area contributed by atoms with Crippen molar-refractivity contribution in [1.29, 1.82) is 0 Å². The monoisotopic (exact) mass is 160 g/mol. The van der Waals surface area contributed by atoms with E-state index < -0.39 is 0 Å². The third-order valence-corrected chi connectivity index (χ3v) is 3.05. The summed E-state index contributed by atoms with van der Waals surface area (Å²) >= 11 is 0. The van der Waals surface area contributed by atoms with Gasteiger partial charge in [-0.2, -0.15) is 0 Å². The van der Waals surface area contributed by atoms with Crippen LogP contribution in [0.2, 0.25) is 0 Å². The Hall–Kier alpha value is -0.780. The first-order valence-electron chi connectivity index (χ1n) is 4.85. The molecule has 2 atom stereocenters. The molecular weight excluding hydrogens is 144 g/mol. The first-order chi connectivity index (χ1) is 5.77. The Morgan fingerprint density at radius 1 is 1.50 bits per heavy atom. The quantitative estimate of drug-likeness (QED) is 0.509. The Morgan fingerprint density at radius 3 is 3.17 bits per heavy atom. The van der Waals surface area contributed by atoms with Crippen LogP contribution in [0, 0.1) is 11.8 Å². The SMILES string of the molecule is C=C1C=CC2C(=C1)CCCC2C. The van der Waals surface area contributed by atoms with Crippen LogP contribution in [0.25, 0.3) is 0 Å². The maximum atomic E-state index is 3.97. The molecular formula is C12H16. The molecule has 0 aromatic carbocycles. The lowest BCUT2D eigenvalue weighted by atomic mass is 9.74. The topological polar surface area (TPSA) is 0 Å². The molecule has 2 unspecified atom stereocenters. The van der Waals surface area contributed by atoms with Gasteiger partial charge >= 0.3 is 0 Å². The van der Waals surface area contributed by atoms with E-state index in [-0.39, 0.29) is 0 Å². The molecule has 12 heavy (non-hydrogen) atoms. The number of hydrogen-bond acceptors (Lipinski definition) is 0. The summed E-state index contributed by atoms with van der Waals surface area (Å²) in [6.07, 6.45) is 10.8. The summed E-state index contributed by atoms with van der Waals surface area (Å²) in [6, 6.07) is 0. The van der Waals surface area contributed by atoms with Crippen molar-refractivity contribution in [3.05, 3.63) is 36.0 Å². The van der Waals surface area contributed by atoms with Crippen molar-refractivity contribution in [3.63, 3.8) is 0 Å². The molecule has 0 heterocycles. The van der Waals surface area contributed by atoms with Gasteiger partial charge in [0.2, 0.25) is 0 Å². The minimum absolute atomic E-state index is 0.726. The molecule has 0 heteroatoms. The fourth-order valence-corrected chi connectivity index (χ4v) is 2.34. The second kappa shape index (κ2) is 2.93. The standard InChI is InChI=1S/C12H16/c1-9-6-7-12-10(2)4-3-5-11(12)8-9/h6-8,10,12H,1,3-5H2,2H3. The first-order valence-corrected chi connectivity index (χ1v) is 4.85. The highest BCUT2D eigenvalue weighted by Gasteiger charge is 2.24.